The summed E-state index contributed by atoms with van der Waals surface area (Å²) >= 11 is 0. The fourth-order valence-corrected chi connectivity index (χ4v) is 1.70. The van der Waals surface area contributed by atoms with Gasteiger partial charge < -0.3 is 15.4 Å². The quantitative estimate of drug-likeness (QED) is 0.780. The van der Waals surface area contributed by atoms with Crippen molar-refractivity contribution in [1.82, 2.24) is 9.97 Å². The zero-order chi connectivity index (χ0) is 14.3. The molecule has 0 aliphatic rings. The first-order chi connectivity index (χ1) is 9.02. The molecule has 0 aliphatic heterocycles. The maximum Gasteiger partial charge on any atom is 0.234 e. The largest absolute Gasteiger partial charge is 0.477 e. The number of ether oxygens (including phenoxy) is 1. The highest BCUT2D eigenvalue weighted by molar-refractivity contribution is 5.37. The van der Waals surface area contributed by atoms with Crippen molar-refractivity contribution in [2.45, 2.75) is 34.1 Å². The van der Waals surface area contributed by atoms with Crippen LogP contribution in [0, 0.1) is 5.41 Å². The number of aromatic nitrogens is 2. The van der Waals surface area contributed by atoms with Gasteiger partial charge in [0.25, 0.3) is 0 Å². The molecule has 0 saturated heterocycles. The molecule has 0 radical (unpaired) electrons. The predicted molar refractivity (Wildman–Crippen MR) is 78.5 cm³/mol. The van der Waals surface area contributed by atoms with Crippen LogP contribution >= 0.6 is 0 Å². The minimum Gasteiger partial charge on any atom is -0.477 e. The van der Waals surface area contributed by atoms with E-state index in [1.54, 1.807) is 12.4 Å². The van der Waals surface area contributed by atoms with Crippen LogP contribution in [0.15, 0.2) is 12.4 Å². The maximum absolute atomic E-state index is 5.80. The van der Waals surface area contributed by atoms with E-state index in [0.717, 1.165) is 25.3 Å². The minimum absolute atomic E-state index is 0.0535. The summed E-state index contributed by atoms with van der Waals surface area (Å²) in [6.07, 6.45) is 4.39. The number of nitrogens with two attached hydrogens (primary N) is 1. The smallest absolute Gasteiger partial charge is 0.234 e. The fourth-order valence-electron chi connectivity index (χ4n) is 1.70. The van der Waals surface area contributed by atoms with E-state index in [9.17, 15) is 0 Å². The Morgan fingerprint density at radius 2 is 2.05 bits per heavy atom. The lowest BCUT2D eigenvalue weighted by Gasteiger charge is -2.31. The van der Waals surface area contributed by atoms with Gasteiger partial charge in [-0.25, -0.2) is 0 Å². The number of anilines is 1. The Balaban J connectivity index is 2.80. The molecule has 108 valence electrons. The number of rotatable bonds is 8. The van der Waals surface area contributed by atoms with Gasteiger partial charge in [-0.1, -0.05) is 20.8 Å². The first kappa shape index (κ1) is 15.7. The number of hydrogen-bond acceptors (Lipinski definition) is 5. The van der Waals surface area contributed by atoms with Gasteiger partial charge in [0.05, 0.1) is 19.0 Å². The SMILES string of the molecule is CCCOc1cncc(N(CC)CC(C)(C)CN)n1. The lowest BCUT2D eigenvalue weighted by molar-refractivity contribution is 0.303. The van der Waals surface area contributed by atoms with Crippen LogP contribution in [0.4, 0.5) is 5.82 Å². The molecule has 0 amide bonds. The molecular weight excluding hydrogens is 240 g/mol. The van der Waals surface area contributed by atoms with Crippen molar-refractivity contribution >= 4 is 5.82 Å². The molecule has 0 saturated carbocycles. The molecular formula is C14H26N4O. The van der Waals surface area contributed by atoms with Crippen molar-refractivity contribution in [2.24, 2.45) is 11.1 Å². The Kier molecular flexibility index (Phi) is 6.02. The average molecular weight is 266 g/mol. The first-order valence-electron chi connectivity index (χ1n) is 6.92. The molecule has 19 heavy (non-hydrogen) atoms. The molecule has 0 aromatic carbocycles. The van der Waals surface area contributed by atoms with Gasteiger partial charge >= 0.3 is 0 Å². The van der Waals surface area contributed by atoms with Crippen LogP contribution in [0.3, 0.4) is 0 Å². The molecule has 1 aromatic heterocycles. The number of nitrogens with zero attached hydrogens (tertiary/aromatic N) is 3. The van der Waals surface area contributed by atoms with Crippen LogP contribution in [-0.4, -0.2) is 36.2 Å². The van der Waals surface area contributed by atoms with Crippen molar-refractivity contribution < 1.29 is 4.74 Å². The van der Waals surface area contributed by atoms with E-state index in [0.29, 0.717) is 19.0 Å². The third-order valence-corrected chi connectivity index (χ3v) is 2.93. The molecule has 0 unspecified atom stereocenters. The summed E-state index contributed by atoms with van der Waals surface area (Å²) in [4.78, 5) is 10.9. The van der Waals surface area contributed by atoms with E-state index in [4.69, 9.17) is 10.5 Å². The summed E-state index contributed by atoms with van der Waals surface area (Å²) in [5, 5.41) is 0. The second-order valence-corrected chi connectivity index (χ2v) is 5.45. The molecule has 1 rings (SSSR count). The normalized spacial score (nSPS) is 11.4. The van der Waals surface area contributed by atoms with Gasteiger partial charge in [0, 0.05) is 13.1 Å². The van der Waals surface area contributed by atoms with Gasteiger partial charge in [-0.15, -0.1) is 0 Å². The Morgan fingerprint density at radius 1 is 1.32 bits per heavy atom. The van der Waals surface area contributed by atoms with E-state index in [-0.39, 0.29) is 5.41 Å². The summed E-state index contributed by atoms with van der Waals surface area (Å²) in [6.45, 7) is 11.5. The summed E-state index contributed by atoms with van der Waals surface area (Å²) in [5.41, 5.74) is 5.85. The molecule has 5 nitrogen and oxygen atoms in total. The van der Waals surface area contributed by atoms with E-state index < -0.39 is 0 Å². The third-order valence-electron chi connectivity index (χ3n) is 2.93. The topological polar surface area (TPSA) is 64.3 Å². The molecule has 0 fully saturated rings. The van der Waals surface area contributed by atoms with E-state index in [2.05, 4.69) is 42.6 Å². The maximum atomic E-state index is 5.80. The van der Waals surface area contributed by atoms with E-state index in [1.807, 2.05) is 0 Å². The van der Waals surface area contributed by atoms with Crippen molar-refractivity contribution in [2.75, 3.05) is 31.1 Å². The molecule has 0 bridgehead atoms. The number of hydrogen-bond donors (Lipinski definition) is 1. The summed E-state index contributed by atoms with van der Waals surface area (Å²) < 4.78 is 5.52. The van der Waals surface area contributed by atoms with Crippen molar-refractivity contribution in [3.8, 4) is 5.88 Å². The standard InChI is InChI=1S/C14H26N4O/c1-5-7-19-13-9-16-8-12(17-13)18(6-2)11-14(3,4)10-15/h8-9H,5-7,10-11,15H2,1-4H3. The van der Waals surface area contributed by atoms with E-state index in [1.165, 1.54) is 0 Å². The third kappa shape index (κ3) is 5.03. The molecule has 2 N–H and O–H groups in total. The lowest BCUT2D eigenvalue weighted by Crippen LogP contribution is -2.39. The highest BCUT2D eigenvalue weighted by atomic mass is 16.5. The molecule has 0 aliphatic carbocycles. The zero-order valence-electron chi connectivity index (χ0n) is 12.5. The molecule has 1 heterocycles. The minimum atomic E-state index is 0.0535. The van der Waals surface area contributed by atoms with Gasteiger partial charge in [-0.05, 0) is 25.3 Å². The summed E-state index contributed by atoms with van der Waals surface area (Å²) in [7, 11) is 0. The average Bonchev–Trinajstić information content (AvgIpc) is 2.43. The van der Waals surface area contributed by atoms with Gasteiger partial charge in [0.1, 0.15) is 0 Å². The molecule has 1 aromatic rings. The predicted octanol–water partition coefficient (Wildman–Crippen LogP) is 2.08. The molecule has 0 spiro atoms. The van der Waals surface area contributed by atoms with Gasteiger partial charge in [0.15, 0.2) is 5.82 Å². The lowest BCUT2D eigenvalue weighted by atomic mass is 9.93. The Morgan fingerprint density at radius 3 is 2.63 bits per heavy atom. The van der Waals surface area contributed by atoms with Gasteiger partial charge in [0.2, 0.25) is 5.88 Å². The van der Waals surface area contributed by atoms with Crippen LogP contribution in [0.1, 0.15) is 34.1 Å². The van der Waals surface area contributed by atoms with Crippen LogP contribution in [0.25, 0.3) is 0 Å². The zero-order valence-corrected chi connectivity index (χ0v) is 12.5. The first-order valence-corrected chi connectivity index (χ1v) is 6.92. The Labute approximate surface area is 116 Å². The van der Waals surface area contributed by atoms with Crippen LogP contribution in [0.2, 0.25) is 0 Å². The molecule has 5 heteroatoms. The van der Waals surface area contributed by atoms with Gasteiger partial charge in [-0.3, -0.25) is 4.98 Å². The highest BCUT2D eigenvalue weighted by Crippen LogP contribution is 2.20. The van der Waals surface area contributed by atoms with Crippen molar-refractivity contribution in [3.63, 3.8) is 0 Å². The molecule has 0 atom stereocenters. The van der Waals surface area contributed by atoms with Gasteiger partial charge in [-0.2, -0.15) is 4.98 Å². The summed E-state index contributed by atoms with van der Waals surface area (Å²) in [5.74, 6) is 1.43. The Hall–Kier alpha value is -1.36. The Bertz CT molecular complexity index is 381. The second-order valence-electron chi connectivity index (χ2n) is 5.45. The fraction of sp³-hybridized carbons (Fsp3) is 0.714. The van der Waals surface area contributed by atoms with E-state index >= 15 is 0 Å². The summed E-state index contributed by atoms with van der Waals surface area (Å²) in [6, 6.07) is 0. The monoisotopic (exact) mass is 266 g/mol. The van der Waals surface area contributed by atoms with Crippen molar-refractivity contribution in [3.05, 3.63) is 12.4 Å². The van der Waals surface area contributed by atoms with Crippen LogP contribution in [0.5, 0.6) is 5.88 Å². The highest BCUT2D eigenvalue weighted by Gasteiger charge is 2.20. The van der Waals surface area contributed by atoms with Crippen LogP contribution in [-0.2, 0) is 0 Å². The van der Waals surface area contributed by atoms with Crippen LogP contribution < -0.4 is 15.4 Å². The second kappa shape index (κ2) is 7.28. The van der Waals surface area contributed by atoms with Crippen molar-refractivity contribution in [1.29, 1.82) is 0 Å².